The Morgan fingerprint density at radius 2 is 1.86 bits per heavy atom. The summed E-state index contributed by atoms with van der Waals surface area (Å²) in [5.74, 6) is -0.536. The van der Waals surface area contributed by atoms with Crippen LogP contribution in [0.15, 0.2) is 47.4 Å². The Morgan fingerprint density at radius 1 is 1.14 bits per heavy atom. The largest absolute Gasteiger partial charge is 0.449 e. The lowest BCUT2D eigenvalue weighted by Crippen LogP contribution is -2.48. The normalized spacial score (nSPS) is 22.6. The summed E-state index contributed by atoms with van der Waals surface area (Å²) in [6.45, 7) is -0.0597. The molecule has 1 atom stereocenters. The van der Waals surface area contributed by atoms with E-state index in [0.29, 0.717) is 30.0 Å². The molecule has 0 aliphatic carbocycles. The van der Waals surface area contributed by atoms with Gasteiger partial charge in [-0.3, -0.25) is 0 Å². The molecule has 5 nitrogen and oxygen atoms in total. The Hall–Kier alpha value is -2.10. The molecule has 1 fully saturated rings. The maximum Gasteiger partial charge on any atom is 0.417 e. The number of carbonyl (C=O) groups is 1. The molecule has 2 heterocycles. The first-order chi connectivity index (χ1) is 13.5. The summed E-state index contributed by atoms with van der Waals surface area (Å²) in [7, 11) is -4.26. The predicted octanol–water partition coefficient (Wildman–Crippen LogP) is 4.21. The second kappa shape index (κ2) is 6.72. The van der Waals surface area contributed by atoms with E-state index in [1.54, 1.807) is 24.3 Å². The van der Waals surface area contributed by atoms with Crippen LogP contribution in [-0.4, -0.2) is 31.8 Å². The van der Waals surface area contributed by atoms with Gasteiger partial charge in [-0.2, -0.15) is 17.5 Å². The minimum absolute atomic E-state index is 0.105. The second-order valence-corrected chi connectivity index (χ2v) is 9.36. The molecule has 1 spiro atoms. The van der Waals surface area contributed by atoms with Crippen LogP contribution in [0.3, 0.4) is 0 Å². The van der Waals surface area contributed by atoms with E-state index < -0.39 is 43.3 Å². The van der Waals surface area contributed by atoms with Crippen molar-refractivity contribution in [2.24, 2.45) is 0 Å². The molecule has 154 valence electrons. The molecule has 0 amide bonds. The first kappa shape index (κ1) is 20.2. The first-order valence-corrected chi connectivity index (χ1v) is 10.6. The molecule has 4 rings (SSSR count). The molecule has 0 N–H and O–H groups in total. The zero-order valence-electron chi connectivity index (χ0n) is 14.9. The molecule has 29 heavy (non-hydrogen) atoms. The van der Waals surface area contributed by atoms with Gasteiger partial charge in [0.05, 0.1) is 27.6 Å². The van der Waals surface area contributed by atoms with Gasteiger partial charge in [-0.15, -0.1) is 0 Å². The number of hydrogen-bond acceptors (Lipinski definition) is 4. The van der Waals surface area contributed by atoms with Crippen LogP contribution >= 0.6 is 11.6 Å². The highest BCUT2D eigenvalue weighted by Crippen LogP contribution is 2.44. The van der Waals surface area contributed by atoms with Crippen LogP contribution in [0, 0.1) is 0 Å². The average Bonchev–Trinajstić information content (AvgIpc) is 2.93. The predicted molar refractivity (Wildman–Crippen MR) is 98.0 cm³/mol. The number of sulfonamides is 1. The fourth-order valence-corrected chi connectivity index (χ4v) is 5.65. The van der Waals surface area contributed by atoms with Crippen molar-refractivity contribution < 1.29 is 31.1 Å². The van der Waals surface area contributed by atoms with Crippen molar-refractivity contribution in [2.45, 2.75) is 29.5 Å². The van der Waals surface area contributed by atoms with E-state index in [-0.39, 0.29) is 13.1 Å². The molecule has 1 unspecified atom stereocenters. The van der Waals surface area contributed by atoms with Gasteiger partial charge in [0.25, 0.3) is 0 Å². The number of fused-ring (bicyclic) bond motifs is 2. The van der Waals surface area contributed by atoms with Crippen LogP contribution in [0.25, 0.3) is 0 Å². The molecular formula is C19H15ClF3NO4S. The fourth-order valence-electron chi connectivity index (χ4n) is 3.87. The molecule has 2 aliphatic rings. The summed E-state index contributed by atoms with van der Waals surface area (Å²) >= 11 is 5.60. The van der Waals surface area contributed by atoms with Crippen LogP contribution in [0.1, 0.15) is 34.3 Å². The molecule has 0 radical (unpaired) electrons. The monoisotopic (exact) mass is 445 g/mol. The fraction of sp³-hybridized carbons (Fsp3) is 0.316. The van der Waals surface area contributed by atoms with Gasteiger partial charge in [-0.1, -0.05) is 29.8 Å². The summed E-state index contributed by atoms with van der Waals surface area (Å²) < 4.78 is 72.3. The number of alkyl halides is 3. The summed E-state index contributed by atoms with van der Waals surface area (Å²) in [5.41, 5.74) is -1.39. The molecule has 0 saturated carbocycles. The number of nitrogens with zero attached hydrogens (tertiary/aromatic N) is 1. The third kappa shape index (κ3) is 3.31. The minimum atomic E-state index is -4.79. The van der Waals surface area contributed by atoms with E-state index in [1.807, 2.05) is 0 Å². The van der Waals surface area contributed by atoms with E-state index in [2.05, 4.69) is 0 Å². The number of carbonyl (C=O) groups excluding carboxylic acids is 1. The van der Waals surface area contributed by atoms with Crippen molar-refractivity contribution in [2.75, 3.05) is 13.1 Å². The molecule has 0 aromatic heterocycles. The van der Waals surface area contributed by atoms with Crippen LogP contribution < -0.4 is 0 Å². The van der Waals surface area contributed by atoms with Gasteiger partial charge in [-0.05, 0) is 37.1 Å². The van der Waals surface area contributed by atoms with E-state index in [0.717, 1.165) is 16.4 Å². The third-order valence-corrected chi connectivity index (χ3v) is 7.40. The highest BCUT2D eigenvalue weighted by atomic mass is 35.5. The van der Waals surface area contributed by atoms with Crippen LogP contribution in [0.4, 0.5) is 13.2 Å². The third-order valence-electron chi connectivity index (χ3n) is 5.23. The smallest absolute Gasteiger partial charge is 0.417 e. The van der Waals surface area contributed by atoms with Gasteiger partial charge < -0.3 is 4.74 Å². The zero-order chi connectivity index (χ0) is 21.0. The second-order valence-electron chi connectivity index (χ2n) is 7.01. The lowest BCUT2D eigenvalue weighted by atomic mass is 9.86. The average molecular weight is 446 g/mol. The van der Waals surface area contributed by atoms with Gasteiger partial charge in [0, 0.05) is 12.1 Å². The van der Waals surface area contributed by atoms with Gasteiger partial charge in [0.15, 0.2) is 5.60 Å². The molecule has 10 heteroatoms. The van der Waals surface area contributed by atoms with Crippen LogP contribution in [-0.2, 0) is 26.5 Å². The van der Waals surface area contributed by atoms with E-state index in [1.165, 1.54) is 0 Å². The number of hydrogen-bond donors (Lipinski definition) is 0. The molecular weight excluding hydrogens is 431 g/mol. The van der Waals surface area contributed by atoms with E-state index >= 15 is 0 Å². The molecule has 2 aromatic carbocycles. The van der Waals surface area contributed by atoms with Gasteiger partial charge >= 0.3 is 12.1 Å². The lowest BCUT2D eigenvalue weighted by molar-refractivity contribution is -0.137. The summed E-state index contributed by atoms with van der Waals surface area (Å²) in [6, 6.07) is 9.22. The number of piperidine rings is 1. The van der Waals surface area contributed by atoms with Crippen molar-refractivity contribution in [3.63, 3.8) is 0 Å². The SMILES string of the molecule is O=C1OC2(CCCN(S(=O)(=O)c3ccc(Cl)c(C(F)(F)F)c3)C2)c2ccccc21. The molecule has 0 bridgehead atoms. The molecule has 1 saturated heterocycles. The number of esters is 1. The maximum absolute atomic E-state index is 13.2. The highest BCUT2D eigenvalue weighted by Gasteiger charge is 2.50. The Morgan fingerprint density at radius 3 is 2.59 bits per heavy atom. The van der Waals surface area contributed by atoms with Gasteiger partial charge in [0.2, 0.25) is 10.0 Å². The van der Waals surface area contributed by atoms with Crippen LogP contribution in [0.5, 0.6) is 0 Å². The number of ether oxygens (including phenoxy) is 1. The first-order valence-electron chi connectivity index (χ1n) is 8.74. The van der Waals surface area contributed by atoms with Gasteiger partial charge in [-0.25, -0.2) is 13.2 Å². The molecule has 2 aliphatic heterocycles. The van der Waals surface area contributed by atoms with Crippen LogP contribution in [0.2, 0.25) is 5.02 Å². The minimum Gasteiger partial charge on any atom is -0.449 e. The standard InChI is InChI=1S/C19H15ClF3NO4S/c20-16-7-6-12(10-15(16)19(21,22)23)29(26,27)24-9-3-8-18(11-24)14-5-2-1-4-13(14)17(25)28-18/h1-2,4-7,10H,3,8-9,11H2. The van der Waals surface area contributed by atoms with Crippen molar-refractivity contribution >= 4 is 27.6 Å². The summed E-state index contributed by atoms with van der Waals surface area (Å²) in [4.78, 5) is 11.7. The number of rotatable bonds is 2. The summed E-state index contributed by atoms with van der Waals surface area (Å²) in [6.07, 6.45) is -3.97. The van der Waals surface area contributed by atoms with Crippen molar-refractivity contribution in [3.8, 4) is 0 Å². The van der Waals surface area contributed by atoms with E-state index in [9.17, 15) is 26.4 Å². The zero-order valence-corrected chi connectivity index (χ0v) is 16.4. The topological polar surface area (TPSA) is 63.7 Å². The van der Waals surface area contributed by atoms with Gasteiger partial charge in [0.1, 0.15) is 0 Å². The van der Waals surface area contributed by atoms with Crippen molar-refractivity contribution in [3.05, 3.63) is 64.2 Å². The van der Waals surface area contributed by atoms with Crippen molar-refractivity contribution in [1.29, 1.82) is 0 Å². The number of benzene rings is 2. The highest BCUT2D eigenvalue weighted by molar-refractivity contribution is 7.89. The lowest BCUT2D eigenvalue weighted by Gasteiger charge is -2.38. The maximum atomic E-state index is 13.2. The Balaban J connectivity index is 1.72. The Bertz CT molecular complexity index is 1100. The Kier molecular flexibility index (Phi) is 4.67. The quantitative estimate of drug-likeness (QED) is 0.650. The number of halogens is 4. The Labute approximate surface area is 170 Å². The van der Waals surface area contributed by atoms with E-state index in [4.69, 9.17) is 16.3 Å². The summed E-state index contributed by atoms with van der Waals surface area (Å²) in [5, 5.41) is -0.579. The van der Waals surface area contributed by atoms with Crippen molar-refractivity contribution in [1.82, 2.24) is 4.31 Å². The molecule has 2 aromatic rings.